The van der Waals surface area contributed by atoms with Gasteiger partial charge in [0.15, 0.2) is 0 Å². The molecule has 0 spiro atoms. The molecular formula is C14H24N4O. The Morgan fingerprint density at radius 1 is 1.42 bits per heavy atom. The maximum Gasteiger partial charge on any atom is 0.270 e. The van der Waals surface area contributed by atoms with E-state index in [0.29, 0.717) is 5.69 Å². The molecule has 1 heterocycles. The lowest BCUT2D eigenvalue weighted by Gasteiger charge is -2.11. The molecule has 106 valence electrons. The van der Waals surface area contributed by atoms with Crippen LogP contribution in [0, 0.1) is 0 Å². The number of nitrogens with zero attached hydrogens (tertiary/aromatic N) is 2. The Morgan fingerprint density at radius 3 is 2.79 bits per heavy atom. The highest BCUT2D eigenvalue weighted by Crippen LogP contribution is 2.08. The van der Waals surface area contributed by atoms with Crippen LogP contribution in [0.5, 0.6) is 0 Å². The number of anilines is 1. The van der Waals surface area contributed by atoms with Crippen molar-refractivity contribution in [3.63, 3.8) is 0 Å². The number of amides is 1. The van der Waals surface area contributed by atoms with Gasteiger partial charge in [-0.05, 0) is 53.0 Å². The molecular weight excluding hydrogens is 240 g/mol. The zero-order valence-corrected chi connectivity index (χ0v) is 12.2. The second kappa shape index (κ2) is 7.74. The molecule has 0 atom stereocenters. The van der Waals surface area contributed by atoms with Gasteiger partial charge in [-0.25, -0.2) is 0 Å². The van der Waals surface area contributed by atoms with Gasteiger partial charge in [-0.1, -0.05) is 0 Å². The van der Waals surface area contributed by atoms with Gasteiger partial charge < -0.3 is 15.5 Å². The van der Waals surface area contributed by atoms with E-state index in [1.54, 1.807) is 12.3 Å². The third kappa shape index (κ3) is 6.20. The van der Waals surface area contributed by atoms with Crippen molar-refractivity contribution >= 4 is 11.6 Å². The molecule has 5 nitrogen and oxygen atoms in total. The minimum atomic E-state index is -0.132. The SMILES string of the molecule is CC(C)NC(=O)c1cc(NCCCN(C)C)ccn1. The Balaban J connectivity index is 2.50. The molecule has 0 aliphatic rings. The van der Waals surface area contributed by atoms with Crippen LogP contribution in [0.2, 0.25) is 0 Å². The van der Waals surface area contributed by atoms with Crippen molar-refractivity contribution in [2.75, 3.05) is 32.5 Å². The summed E-state index contributed by atoms with van der Waals surface area (Å²) >= 11 is 0. The number of carbonyl (C=O) groups is 1. The molecule has 19 heavy (non-hydrogen) atoms. The standard InChI is InChI=1S/C14H24N4O/c1-11(2)17-14(19)13-10-12(6-8-16-13)15-7-5-9-18(3)4/h6,8,10-11H,5,7,9H2,1-4H3,(H,15,16)(H,17,19). The number of hydrogen-bond acceptors (Lipinski definition) is 4. The van der Waals surface area contributed by atoms with E-state index in [1.807, 2.05) is 19.9 Å². The monoisotopic (exact) mass is 264 g/mol. The molecule has 0 saturated carbocycles. The van der Waals surface area contributed by atoms with E-state index in [4.69, 9.17) is 0 Å². The maximum absolute atomic E-state index is 11.8. The molecule has 0 unspecified atom stereocenters. The summed E-state index contributed by atoms with van der Waals surface area (Å²) in [6.07, 6.45) is 2.71. The van der Waals surface area contributed by atoms with Crippen LogP contribution in [0.4, 0.5) is 5.69 Å². The van der Waals surface area contributed by atoms with Gasteiger partial charge in [0.2, 0.25) is 0 Å². The lowest BCUT2D eigenvalue weighted by Crippen LogP contribution is -2.30. The summed E-state index contributed by atoms with van der Waals surface area (Å²) in [6, 6.07) is 3.78. The number of aromatic nitrogens is 1. The Bertz CT molecular complexity index is 404. The van der Waals surface area contributed by atoms with Crippen LogP contribution in [-0.4, -0.2) is 49.0 Å². The average Bonchev–Trinajstić information content (AvgIpc) is 2.34. The number of carbonyl (C=O) groups excluding carboxylic acids is 1. The van der Waals surface area contributed by atoms with E-state index in [-0.39, 0.29) is 11.9 Å². The van der Waals surface area contributed by atoms with E-state index in [9.17, 15) is 4.79 Å². The summed E-state index contributed by atoms with van der Waals surface area (Å²) in [5.41, 5.74) is 1.38. The summed E-state index contributed by atoms with van der Waals surface area (Å²) in [7, 11) is 4.11. The zero-order chi connectivity index (χ0) is 14.3. The highest BCUT2D eigenvalue weighted by atomic mass is 16.1. The fourth-order valence-corrected chi connectivity index (χ4v) is 1.63. The van der Waals surface area contributed by atoms with Crippen molar-refractivity contribution in [3.8, 4) is 0 Å². The molecule has 0 bridgehead atoms. The first-order valence-corrected chi connectivity index (χ1v) is 6.64. The highest BCUT2D eigenvalue weighted by molar-refractivity contribution is 5.93. The number of hydrogen-bond donors (Lipinski definition) is 2. The Morgan fingerprint density at radius 2 is 2.16 bits per heavy atom. The summed E-state index contributed by atoms with van der Waals surface area (Å²) in [5, 5.41) is 6.13. The summed E-state index contributed by atoms with van der Waals surface area (Å²) in [5.74, 6) is -0.132. The van der Waals surface area contributed by atoms with Crippen molar-refractivity contribution in [1.82, 2.24) is 15.2 Å². The second-order valence-electron chi connectivity index (χ2n) is 5.14. The van der Waals surface area contributed by atoms with Crippen LogP contribution in [0.15, 0.2) is 18.3 Å². The van der Waals surface area contributed by atoms with Crippen molar-refractivity contribution in [2.24, 2.45) is 0 Å². The van der Waals surface area contributed by atoms with E-state index < -0.39 is 0 Å². The van der Waals surface area contributed by atoms with Crippen molar-refractivity contribution in [1.29, 1.82) is 0 Å². The van der Waals surface area contributed by atoms with E-state index in [2.05, 4.69) is 34.6 Å². The molecule has 1 aromatic rings. The van der Waals surface area contributed by atoms with Gasteiger partial charge >= 0.3 is 0 Å². The molecule has 1 rings (SSSR count). The van der Waals surface area contributed by atoms with Crippen LogP contribution in [0.3, 0.4) is 0 Å². The average molecular weight is 264 g/mol. The van der Waals surface area contributed by atoms with Crippen molar-refractivity contribution < 1.29 is 4.79 Å². The molecule has 1 aromatic heterocycles. The molecule has 0 saturated heterocycles. The lowest BCUT2D eigenvalue weighted by molar-refractivity contribution is 0.0938. The van der Waals surface area contributed by atoms with Gasteiger partial charge in [-0.2, -0.15) is 0 Å². The first-order chi connectivity index (χ1) is 8.99. The predicted molar refractivity (Wildman–Crippen MR) is 78.5 cm³/mol. The lowest BCUT2D eigenvalue weighted by atomic mass is 10.2. The van der Waals surface area contributed by atoms with Gasteiger partial charge in [-0.15, -0.1) is 0 Å². The molecule has 0 aromatic carbocycles. The van der Waals surface area contributed by atoms with Crippen molar-refractivity contribution in [3.05, 3.63) is 24.0 Å². The van der Waals surface area contributed by atoms with Gasteiger partial charge in [0.25, 0.3) is 5.91 Å². The molecule has 0 aliphatic heterocycles. The third-order valence-corrected chi connectivity index (χ3v) is 2.52. The quantitative estimate of drug-likeness (QED) is 0.734. The largest absolute Gasteiger partial charge is 0.385 e. The first-order valence-electron chi connectivity index (χ1n) is 6.64. The minimum absolute atomic E-state index is 0.117. The molecule has 2 N–H and O–H groups in total. The normalized spacial score (nSPS) is 10.8. The fourth-order valence-electron chi connectivity index (χ4n) is 1.63. The molecule has 5 heteroatoms. The molecule has 1 amide bonds. The van der Waals surface area contributed by atoms with E-state index >= 15 is 0 Å². The molecule has 0 radical (unpaired) electrons. The van der Waals surface area contributed by atoms with Crippen LogP contribution < -0.4 is 10.6 Å². The summed E-state index contributed by atoms with van der Waals surface area (Å²) in [6.45, 7) is 5.79. The van der Waals surface area contributed by atoms with E-state index in [1.165, 1.54) is 0 Å². The maximum atomic E-state index is 11.8. The highest BCUT2D eigenvalue weighted by Gasteiger charge is 2.08. The van der Waals surface area contributed by atoms with Gasteiger partial charge in [0.1, 0.15) is 5.69 Å². The molecule has 0 fully saturated rings. The second-order valence-corrected chi connectivity index (χ2v) is 5.14. The minimum Gasteiger partial charge on any atom is -0.385 e. The van der Waals surface area contributed by atoms with Gasteiger partial charge in [0.05, 0.1) is 0 Å². The van der Waals surface area contributed by atoms with Crippen LogP contribution in [0.1, 0.15) is 30.8 Å². The van der Waals surface area contributed by atoms with Crippen LogP contribution >= 0.6 is 0 Å². The topological polar surface area (TPSA) is 57.3 Å². The predicted octanol–water partition coefficient (Wildman–Crippen LogP) is 1.58. The van der Waals surface area contributed by atoms with Crippen LogP contribution in [-0.2, 0) is 0 Å². The summed E-state index contributed by atoms with van der Waals surface area (Å²) < 4.78 is 0. The smallest absolute Gasteiger partial charge is 0.270 e. The number of pyridine rings is 1. The zero-order valence-electron chi connectivity index (χ0n) is 12.2. The number of rotatable bonds is 7. The van der Waals surface area contributed by atoms with Gasteiger partial charge in [-0.3, -0.25) is 9.78 Å². The Hall–Kier alpha value is -1.62. The third-order valence-electron chi connectivity index (χ3n) is 2.52. The first kappa shape index (κ1) is 15.4. The summed E-state index contributed by atoms with van der Waals surface area (Å²) in [4.78, 5) is 18.1. The Labute approximate surface area is 115 Å². The number of nitrogens with one attached hydrogen (secondary N) is 2. The van der Waals surface area contributed by atoms with Gasteiger partial charge in [0, 0.05) is 24.5 Å². The fraction of sp³-hybridized carbons (Fsp3) is 0.571. The molecule has 0 aliphatic carbocycles. The Kier molecular flexibility index (Phi) is 6.29. The van der Waals surface area contributed by atoms with E-state index in [0.717, 1.165) is 25.2 Å². The van der Waals surface area contributed by atoms with Crippen LogP contribution in [0.25, 0.3) is 0 Å². The van der Waals surface area contributed by atoms with Crippen molar-refractivity contribution in [2.45, 2.75) is 26.3 Å².